The highest BCUT2D eigenvalue weighted by molar-refractivity contribution is 6.42. The van der Waals surface area contributed by atoms with Crippen LogP contribution in [0.1, 0.15) is 25.3 Å². The molecule has 2 rings (SSSR count). The van der Waals surface area contributed by atoms with E-state index in [0.717, 1.165) is 27.5 Å². The van der Waals surface area contributed by atoms with Crippen molar-refractivity contribution in [3.05, 3.63) is 58.1 Å². The molecule has 0 unspecified atom stereocenters. The number of carbonyl (C=O) groups excluding carboxylic acids is 1. The van der Waals surface area contributed by atoms with E-state index in [2.05, 4.69) is 0 Å². The monoisotopic (exact) mass is 384 g/mol. The molecular weight excluding hydrogens is 367 g/mol. The fourth-order valence-corrected chi connectivity index (χ4v) is 2.89. The topological polar surface area (TPSA) is 46.3 Å². The Balaban J connectivity index is 2.06. The zero-order chi connectivity index (χ0) is 17.7. The second-order valence-electron chi connectivity index (χ2n) is 5.58. The van der Waals surface area contributed by atoms with Gasteiger partial charge in [-0.05, 0) is 35.2 Å². The van der Waals surface area contributed by atoms with E-state index < -0.39 is 6.04 Å². The maximum Gasteiger partial charge on any atom is 0.254 e. The minimum atomic E-state index is -0.553. The van der Waals surface area contributed by atoms with E-state index in [-0.39, 0.29) is 5.91 Å². The molecule has 0 radical (unpaired) electrons. The second kappa shape index (κ2) is 8.72. The van der Waals surface area contributed by atoms with E-state index in [4.69, 9.17) is 40.7 Å². The van der Waals surface area contributed by atoms with Crippen LogP contribution in [0, 0.1) is 0 Å². The van der Waals surface area contributed by atoms with Crippen LogP contribution < -0.4 is 5.73 Å². The van der Waals surface area contributed by atoms with Crippen LogP contribution in [-0.2, 0) is 11.3 Å². The molecule has 2 aromatic rings. The van der Waals surface area contributed by atoms with Crippen LogP contribution in [0.4, 0.5) is 0 Å². The molecule has 0 bridgehead atoms. The van der Waals surface area contributed by atoms with Gasteiger partial charge in [0.05, 0.1) is 22.6 Å². The predicted molar refractivity (Wildman–Crippen MR) is 101 cm³/mol. The molecule has 0 spiro atoms. The highest BCUT2D eigenvalue weighted by Crippen LogP contribution is 2.28. The minimum Gasteiger partial charge on any atom is -0.320 e. The van der Waals surface area contributed by atoms with Gasteiger partial charge in [-0.25, -0.2) is 4.42 Å². The predicted octanol–water partition coefficient (Wildman–Crippen LogP) is 5.27. The maximum absolute atomic E-state index is 12.0. The van der Waals surface area contributed by atoms with Gasteiger partial charge in [-0.2, -0.15) is 0 Å². The van der Waals surface area contributed by atoms with Crippen molar-refractivity contribution in [3.8, 4) is 11.1 Å². The smallest absolute Gasteiger partial charge is 0.254 e. The highest BCUT2D eigenvalue weighted by atomic mass is 35.5. The third-order valence-corrected chi connectivity index (χ3v) is 4.71. The summed E-state index contributed by atoms with van der Waals surface area (Å²) in [5, 5.41) is 1.04. The number of benzene rings is 2. The van der Waals surface area contributed by atoms with Crippen molar-refractivity contribution in [2.45, 2.75) is 32.4 Å². The molecule has 1 amide bonds. The number of carbonyl (C=O) groups is 1. The van der Waals surface area contributed by atoms with Crippen molar-refractivity contribution in [2.75, 3.05) is 0 Å². The lowest BCUT2D eigenvalue weighted by Crippen LogP contribution is -2.38. The van der Waals surface area contributed by atoms with Gasteiger partial charge in [-0.1, -0.05) is 66.9 Å². The van der Waals surface area contributed by atoms with Crippen molar-refractivity contribution in [2.24, 2.45) is 5.73 Å². The number of nitrogens with zero attached hydrogens (tertiary/aromatic N) is 1. The number of halogens is 3. The molecule has 0 saturated carbocycles. The second-order valence-corrected chi connectivity index (χ2v) is 6.80. The van der Waals surface area contributed by atoms with Crippen molar-refractivity contribution < 1.29 is 4.79 Å². The summed E-state index contributed by atoms with van der Waals surface area (Å²) < 4.78 is 1.15. The highest BCUT2D eigenvalue weighted by Gasteiger charge is 2.19. The summed E-state index contributed by atoms with van der Waals surface area (Å²) in [5.74, 6) is -0.257. The lowest BCUT2D eigenvalue weighted by atomic mass is 10.0. The molecule has 0 fully saturated rings. The first-order chi connectivity index (χ1) is 11.4. The fraction of sp³-hybridized carbons (Fsp3) is 0.278. The van der Waals surface area contributed by atoms with Crippen LogP contribution in [0.15, 0.2) is 42.5 Å². The summed E-state index contributed by atoms with van der Waals surface area (Å²) in [5.41, 5.74) is 8.71. The molecule has 0 aliphatic heterocycles. The van der Waals surface area contributed by atoms with E-state index in [1.54, 1.807) is 6.07 Å². The normalized spacial score (nSPS) is 12.0. The van der Waals surface area contributed by atoms with Crippen LogP contribution in [0.5, 0.6) is 0 Å². The first kappa shape index (κ1) is 19.1. The van der Waals surface area contributed by atoms with Crippen LogP contribution >= 0.6 is 35.0 Å². The van der Waals surface area contributed by atoms with Crippen molar-refractivity contribution in [3.63, 3.8) is 0 Å². The minimum absolute atomic E-state index is 0.257. The van der Waals surface area contributed by atoms with Gasteiger partial charge in [0.2, 0.25) is 0 Å². The molecule has 2 aromatic carbocycles. The molecule has 6 heteroatoms. The van der Waals surface area contributed by atoms with Crippen molar-refractivity contribution in [1.29, 1.82) is 0 Å². The Hall–Kier alpha value is -1.26. The maximum atomic E-state index is 12.0. The number of hydrogen-bond donors (Lipinski definition) is 1. The summed E-state index contributed by atoms with van der Waals surface area (Å²) in [7, 11) is 0. The van der Waals surface area contributed by atoms with Gasteiger partial charge in [0.15, 0.2) is 0 Å². The fourth-order valence-electron chi connectivity index (χ4n) is 2.33. The summed E-state index contributed by atoms with van der Waals surface area (Å²) in [6.45, 7) is 2.28. The van der Waals surface area contributed by atoms with Gasteiger partial charge < -0.3 is 5.73 Å². The van der Waals surface area contributed by atoms with Crippen LogP contribution in [0.25, 0.3) is 11.1 Å². The van der Waals surface area contributed by atoms with Gasteiger partial charge in [0.25, 0.3) is 5.91 Å². The summed E-state index contributed by atoms with van der Waals surface area (Å²) >= 11 is 18.0. The molecule has 2 N–H and O–H groups in total. The van der Waals surface area contributed by atoms with Crippen molar-refractivity contribution in [1.82, 2.24) is 4.42 Å². The average Bonchev–Trinajstić information content (AvgIpc) is 2.57. The Bertz CT molecular complexity index is 704. The summed E-state index contributed by atoms with van der Waals surface area (Å²) in [4.78, 5) is 12.0. The third-order valence-electron chi connectivity index (χ3n) is 3.68. The first-order valence-corrected chi connectivity index (χ1v) is 8.79. The zero-order valence-corrected chi connectivity index (χ0v) is 15.6. The zero-order valence-electron chi connectivity index (χ0n) is 13.3. The Labute approximate surface area is 157 Å². The molecule has 1 atom stereocenters. The van der Waals surface area contributed by atoms with Crippen molar-refractivity contribution >= 4 is 40.9 Å². The Morgan fingerprint density at radius 3 is 2.29 bits per heavy atom. The van der Waals surface area contributed by atoms with E-state index in [0.29, 0.717) is 23.0 Å². The van der Waals surface area contributed by atoms with E-state index >= 15 is 0 Å². The Morgan fingerprint density at radius 2 is 1.71 bits per heavy atom. The largest absolute Gasteiger partial charge is 0.320 e. The quantitative estimate of drug-likeness (QED) is 0.688. The summed E-state index contributed by atoms with van der Waals surface area (Å²) in [6.07, 6.45) is 1.47. The SMILES string of the molecule is CCC[C@H](N)C(=O)N(Cl)Cc1ccc(-c2ccc(Cl)c(Cl)c2)cc1. The van der Waals surface area contributed by atoms with Crippen LogP contribution in [0.2, 0.25) is 10.0 Å². The number of nitrogens with two attached hydrogens (primary N) is 1. The molecule has 0 heterocycles. The lowest BCUT2D eigenvalue weighted by Gasteiger charge is -2.18. The van der Waals surface area contributed by atoms with Gasteiger partial charge in [0.1, 0.15) is 0 Å². The molecule has 0 aliphatic rings. The van der Waals surface area contributed by atoms with Gasteiger partial charge in [-0.3, -0.25) is 4.79 Å². The molecule has 128 valence electrons. The molecule has 24 heavy (non-hydrogen) atoms. The van der Waals surface area contributed by atoms with Gasteiger partial charge in [-0.15, -0.1) is 0 Å². The Kier molecular flexibility index (Phi) is 6.93. The standard InChI is InChI=1S/C18H19Cl3N2O/c1-2-3-17(22)18(24)23(21)11-12-4-6-13(7-5-12)14-8-9-15(19)16(20)10-14/h4-10,17H,2-3,11,22H2,1H3/t17-/m0/s1. The van der Waals surface area contributed by atoms with Gasteiger partial charge in [0, 0.05) is 11.8 Å². The lowest BCUT2D eigenvalue weighted by molar-refractivity contribution is -0.128. The molecule has 3 nitrogen and oxygen atoms in total. The first-order valence-electron chi connectivity index (χ1n) is 7.69. The third kappa shape index (κ3) is 4.87. The summed E-state index contributed by atoms with van der Waals surface area (Å²) in [6, 6.07) is 12.7. The average molecular weight is 386 g/mol. The number of amides is 1. The molecular formula is C18H19Cl3N2O. The van der Waals surface area contributed by atoms with Crippen LogP contribution in [0.3, 0.4) is 0 Å². The Morgan fingerprint density at radius 1 is 1.08 bits per heavy atom. The van der Waals surface area contributed by atoms with E-state index in [1.807, 2.05) is 43.3 Å². The van der Waals surface area contributed by atoms with Gasteiger partial charge >= 0.3 is 0 Å². The number of hydrogen-bond acceptors (Lipinski definition) is 2. The van der Waals surface area contributed by atoms with E-state index in [9.17, 15) is 4.79 Å². The number of rotatable bonds is 6. The molecule has 0 aromatic heterocycles. The molecule has 0 saturated heterocycles. The van der Waals surface area contributed by atoms with E-state index in [1.165, 1.54) is 0 Å². The molecule has 0 aliphatic carbocycles. The van der Waals surface area contributed by atoms with Crippen LogP contribution in [-0.4, -0.2) is 16.4 Å².